The van der Waals surface area contributed by atoms with Crippen LogP contribution in [0.3, 0.4) is 0 Å². The molecule has 0 unspecified atom stereocenters. The predicted octanol–water partition coefficient (Wildman–Crippen LogP) is 3.49. The van der Waals surface area contributed by atoms with E-state index in [0.717, 1.165) is 38.9 Å². The number of hydrogen-bond donors (Lipinski definition) is 2. The van der Waals surface area contributed by atoms with Gasteiger partial charge < -0.3 is 15.1 Å². The van der Waals surface area contributed by atoms with Crippen LogP contribution in [0, 0.1) is 0 Å². The highest BCUT2D eigenvalue weighted by Gasteiger charge is 2.16. The highest BCUT2D eigenvalue weighted by atomic mass is 35.5. The molecule has 0 radical (unpaired) electrons. The van der Waals surface area contributed by atoms with Gasteiger partial charge in [-0.25, -0.2) is 4.79 Å². The highest BCUT2D eigenvalue weighted by molar-refractivity contribution is 5.87. The van der Waals surface area contributed by atoms with E-state index < -0.39 is 5.97 Å². The Hall–Kier alpha value is -1.88. The number of carboxylic acid groups (broad SMARTS) is 1. The molecule has 25 heavy (non-hydrogen) atoms. The lowest BCUT2D eigenvalue weighted by Gasteiger charge is -2.29. The van der Waals surface area contributed by atoms with Gasteiger partial charge in [0.15, 0.2) is 0 Å². The van der Waals surface area contributed by atoms with Crippen LogP contribution >= 0.6 is 12.4 Å². The van der Waals surface area contributed by atoms with Crippen molar-refractivity contribution in [2.24, 2.45) is 0 Å². The van der Waals surface area contributed by atoms with Gasteiger partial charge in [0.2, 0.25) is 0 Å². The molecular formula is C20H26ClNO3. The summed E-state index contributed by atoms with van der Waals surface area (Å²) in [4.78, 5) is 12.6. The van der Waals surface area contributed by atoms with Gasteiger partial charge in [0, 0.05) is 19.6 Å². The fourth-order valence-corrected chi connectivity index (χ4v) is 2.66. The Morgan fingerprint density at radius 2 is 1.48 bits per heavy atom. The first kappa shape index (κ1) is 21.2. The Morgan fingerprint density at radius 3 is 1.96 bits per heavy atom. The predicted molar refractivity (Wildman–Crippen MR) is 102 cm³/mol. The number of halogens is 1. The maximum absolute atomic E-state index is 10.2. The van der Waals surface area contributed by atoms with Gasteiger partial charge in [-0.2, -0.15) is 0 Å². The van der Waals surface area contributed by atoms with Gasteiger partial charge in [-0.1, -0.05) is 48.5 Å². The number of aliphatic hydroxyl groups is 1. The second-order valence-electron chi connectivity index (χ2n) is 5.98. The monoisotopic (exact) mass is 363 g/mol. The summed E-state index contributed by atoms with van der Waals surface area (Å²) in [5.74, 6) is -0.879. The molecule has 5 heteroatoms. The van der Waals surface area contributed by atoms with Gasteiger partial charge in [-0.15, -0.1) is 12.4 Å². The van der Waals surface area contributed by atoms with Crippen LogP contribution in [-0.2, 0) is 6.42 Å². The maximum atomic E-state index is 10.2. The Morgan fingerprint density at radius 1 is 0.960 bits per heavy atom. The fourth-order valence-electron chi connectivity index (χ4n) is 2.66. The molecule has 2 N–H and O–H groups in total. The number of carboxylic acids is 1. The molecule has 4 nitrogen and oxygen atoms in total. The van der Waals surface area contributed by atoms with Gasteiger partial charge in [0.25, 0.3) is 0 Å². The summed E-state index contributed by atoms with van der Waals surface area (Å²) in [6, 6.07) is 18.9. The molecule has 1 saturated heterocycles. The zero-order valence-corrected chi connectivity index (χ0v) is 15.1. The quantitative estimate of drug-likeness (QED) is 0.872. The molecular weight excluding hydrogens is 338 g/mol. The van der Waals surface area contributed by atoms with Crippen molar-refractivity contribution < 1.29 is 15.0 Å². The maximum Gasteiger partial charge on any atom is 0.335 e. The molecule has 0 aliphatic carbocycles. The topological polar surface area (TPSA) is 60.8 Å². The Kier molecular flexibility index (Phi) is 9.85. The van der Waals surface area contributed by atoms with E-state index in [9.17, 15) is 9.90 Å². The average molecular weight is 364 g/mol. The summed E-state index contributed by atoms with van der Waals surface area (Å²) < 4.78 is 0. The van der Waals surface area contributed by atoms with Gasteiger partial charge >= 0.3 is 5.97 Å². The van der Waals surface area contributed by atoms with Gasteiger partial charge in [0.05, 0.1) is 11.7 Å². The lowest BCUT2D eigenvalue weighted by atomic mass is 10.1. The van der Waals surface area contributed by atoms with Crippen LogP contribution in [0.4, 0.5) is 0 Å². The third-order valence-corrected chi connectivity index (χ3v) is 4.14. The molecule has 1 heterocycles. The van der Waals surface area contributed by atoms with Gasteiger partial charge in [-0.3, -0.25) is 0 Å². The Bertz CT molecular complexity index is 599. The number of aliphatic hydroxyl groups excluding tert-OH is 1. The number of piperidine rings is 1. The van der Waals surface area contributed by atoms with E-state index in [2.05, 4.69) is 35.2 Å². The van der Waals surface area contributed by atoms with Crippen molar-refractivity contribution in [3.8, 4) is 0 Å². The minimum absolute atomic E-state index is 0. The van der Waals surface area contributed by atoms with Crippen molar-refractivity contribution >= 4 is 18.4 Å². The first-order valence-corrected chi connectivity index (χ1v) is 8.38. The van der Waals surface area contributed by atoms with E-state index in [1.165, 1.54) is 5.56 Å². The van der Waals surface area contributed by atoms with Crippen LogP contribution in [-0.4, -0.2) is 46.8 Å². The van der Waals surface area contributed by atoms with Crippen molar-refractivity contribution in [3.63, 3.8) is 0 Å². The molecule has 0 amide bonds. The molecule has 2 aromatic rings. The minimum Gasteiger partial charge on any atom is -0.478 e. The number of benzene rings is 2. The van der Waals surface area contributed by atoms with Gasteiger partial charge in [0.1, 0.15) is 0 Å². The number of rotatable bonds is 4. The number of carbonyl (C=O) groups is 1. The minimum atomic E-state index is -0.879. The van der Waals surface area contributed by atoms with E-state index >= 15 is 0 Å². The van der Waals surface area contributed by atoms with Crippen LogP contribution in [0.15, 0.2) is 60.7 Å². The van der Waals surface area contributed by atoms with Crippen LogP contribution in [0.25, 0.3) is 0 Å². The summed E-state index contributed by atoms with van der Waals surface area (Å²) in [6.45, 7) is 3.22. The number of nitrogens with zero attached hydrogens (tertiary/aromatic N) is 1. The molecule has 3 rings (SSSR count). The van der Waals surface area contributed by atoms with E-state index in [-0.39, 0.29) is 18.5 Å². The van der Waals surface area contributed by atoms with Crippen molar-refractivity contribution in [3.05, 3.63) is 71.8 Å². The van der Waals surface area contributed by atoms with E-state index in [1.54, 1.807) is 30.3 Å². The smallest absolute Gasteiger partial charge is 0.335 e. The molecule has 136 valence electrons. The summed E-state index contributed by atoms with van der Waals surface area (Å²) in [5, 5.41) is 17.8. The van der Waals surface area contributed by atoms with Crippen LogP contribution < -0.4 is 0 Å². The lowest BCUT2D eigenvalue weighted by Crippen LogP contribution is -2.36. The second-order valence-corrected chi connectivity index (χ2v) is 5.98. The van der Waals surface area contributed by atoms with Crippen LogP contribution in [0.1, 0.15) is 28.8 Å². The largest absolute Gasteiger partial charge is 0.478 e. The molecule has 1 fully saturated rings. The molecule has 0 bridgehead atoms. The fraction of sp³-hybridized carbons (Fsp3) is 0.350. The lowest BCUT2D eigenvalue weighted by molar-refractivity contribution is 0.0696. The zero-order valence-electron chi connectivity index (χ0n) is 14.3. The SMILES string of the molecule is Cl.O=C(O)c1ccccc1.OC1CCN(CCc2ccccc2)CC1. The number of hydrogen-bond acceptors (Lipinski definition) is 3. The highest BCUT2D eigenvalue weighted by Crippen LogP contribution is 2.10. The number of likely N-dealkylation sites (tertiary alicyclic amines) is 1. The molecule has 0 spiro atoms. The van der Waals surface area contributed by atoms with E-state index in [1.807, 2.05) is 0 Å². The molecule has 2 aromatic carbocycles. The molecule has 0 aromatic heterocycles. The molecule has 1 aliphatic rings. The summed E-state index contributed by atoms with van der Waals surface area (Å²) >= 11 is 0. The second kappa shape index (κ2) is 11.6. The zero-order chi connectivity index (χ0) is 17.2. The first-order chi connectivity index (χ1) is 11.6. The summed E-state index contributed by atoms with van der Waals surface area (Å²) in [5.41, 5.74) is 1.74. The van der Waals surface area contributed by atoms with E-state index in [4.69, 9.17) is 5.11 Å². The van der Waals surface area contributed by atoms with Crippen LogP contribution in [0.2, 0.25) is 0 Å². The molecule has 0 atom stereocenters. The van der Waals surface area contributed by atoms with Crippen molar-refractivity contribution in [2.45, 2.75) is 25.4 Å². The van der Waals surface area contributed by atoms with E-state index in [0.29, 0.717) is 5.56 Å². The van der Waals surface area contributed by atoms with Gasteiger partial charge in [-0.05, 0) is 37.0 Å². The van der Waals surface area contributed by atoms with Crippen LogP contribution in [0.5, 0.6) is 0 Å². The first-order valence-electron chi connectivity index (χ1n) is 8.38. The molecule has 0 saturated carbocycles. The molecule has 1 aliphatic heterocycles. The summed E-state index contributed by atoms with van der Waals surface area (Å²) in [6.07, 6.45) is 2.94. The van der Waals surface area contributed by atoms with Crippen molar-refractivity contribution in [1.29, 1.82) is 0 Å². The standard InChI is InChI=1S/C13H19NO.C7H6O2.ClH/c15-13-7-10-14(11-8-13)9-6-12-4-2-1-3-5-12;8-7(9)6-4-2-1-3-5-6;/h1-5,13,15H,6-11H2;1-5H,(H,8,9);1H. The number of aromatic carboxylic acids is 1. The summed E-state index contributed by atoms with van der Waals surface area (Å²) in [7, 11) is 0. The average Bonchev–Trinajstić information content (AvgIpc) is 2.63. The Labute approximate surface area is 155 Å². The third kappa shape index (κ3) is 8.16. The van der Waals surface area contributed by atoms with Crippen molar-refractivity contribution in [2.75, 3.05) is 19.6 Å². The Balaban J connectivity index is 0.000000270. The normalized spacial score (nSPS) is 14.8. The van der Waals surface area contributed by atoms with Crippen molar-refractivity contribution in [1.82, 2.24) is 4.90 Å². The third-order valence-electron chi connectivity index (χ3n) is 4.14.